The molecule has 0 aliphatic carbocycles. The van der Waals surface area contributed by atoms with Crippen LogP contribution in [-0.4, -0.2) is 36.0 Å². The van der Waals surface area contributed by atoms with Crippen LogP contribution in [0.15, 0.2) is 0 Å². The number of unbranched alkanes of at least 4 members (excludes halogenated alkanes) is 14. The van der Waals surface area contributed by atoms with E-state index in [2.05, 4.69) is 0 Å². The third-order valence-electron chi connectivity index (χ3n) is 4.39. The summed E-state index contributed by atoms with van der Waals surface area (Å²) in [5.41, 5.74) is 0. The molecule has 0 heterocycles. The fourth-order valence-corrected chi connectivity index (χ4v) is 2.91. The van der Waals surface area contributed by atoms with Gasteiger partial charge in [-0.3, -0.25) is 4.79 Å². The van der Waals surface area contributed by atoms with Gasteiger partial charge in [-0.25, -0.2) is 0 Å². The molecule has 2 N–H and O–H groups in total. The number of hydrogen-bond donors (Lipinski definition) is 2. The van der Waals surface area contributed by atoms with E-state index in [1.807, 2.05) is 0 Å². The molecular weight excluding hydrogens is 304 g/mol. The van der Waals surface area contributed by atoms with E-state index in [0.717, 1.165) is 19.3 Å². The van der Waals surface area contributed by atoms with Gasteiger partial charge in [0.25, 0.3) is 0 Å². The molecule has 0 bridgehead atoms. The summed E-state index contributed by atoms with van der Waals surface area (Å²) >= 11 is 0. The van der Waals surface area contributed by atoms with Crippen molar-refractivity contribution in [2.45, 2.75) is 103 Å². The summed E-state index contributed by atoms with van der Waals surface area (Å²) in [6.45, 7) is 0.385. The van der Waals surface area contributed by atoms with Crippen LogP contribution >= 0.6 is 0 Å². The molecule has 4 heteroatoms. The molecule has 0 rings (SSSR count). The Kier molecular flexibility index (Phi) is 19.9. The van der Waals surface area contributed by atoms with Crippen LogP contribution in [-0.2, 0) is 9.53 Å². The van der Waals surface area contributed by atoms with Crippen LogP contribution in [0.5, 0.6) is 0 Å². The summed E-state index contributed by atoms with van der Waals surface area (Å²) in [7, 11) is 0. The lowest BCUT2D eigenvalue weighted by Crippen LogP contribution is -2.07. The maximum Gasteiger partial charge on any atom is 0.305 e. The van der Waals surface area contributed by atoms with Crippen molar-refractivity contribution in [2.75, 3.05) is 19.8 Å². The SMILES string of the molecule is O=C(CCCCCCCCCCCCCCCCCO)OCCO. The maximum atomic E-state index is 11.2. The van der Waals surface area contributed by atoms with Gasteiger partial charge < -0.3 is 14.9 Å². The molecule has 0 unspecified atom stereocenters. The Morgan fingerprint density at radius 3 is 1.29 bits per heavy atom. The second-order valence-corrected chi connectivity index (χ2v) is 6.72. The van der Waals surface area contributed by atoms with Crippen LogP contribution in [0.25, 0.3) is 0 Å². The fourth-order valence-electron chi connectivity index (χ4n) is 2.91. The number of carbonyl (C=O) groups is 1. The highest BCUT2D eigenvalue weighted by molar-refractivity contribution is 5.69. The summed E-state index contributed by atoms with van der Waals surface area (Å²) in [5, 5.41) is 17.2. The second kappa shape index (κ2) is 20.4. The highest BCUT2D eigenvalue weighted by Gasteiger charge is 2.01. The van der Waals surface area contributed by atoms with Crippen LogP contribution in [0, 0.1) is 0 Å². The van der Waals surface area contributed by atoms with E-state index in [0.29, 0.717) is 13.0 Å². The molecule has 0 aliphatic rings. The molecule has 0 radical (unpaired) electrons. The van der Waals surface area contributed by atoms with Gasteiger partial charge in [0.15, 0.2) is 0 Å². The van der Waals surface area contributed by atoms with Gasteiger partial charge in [0.05, 0.1) is 6.61 Å². The zero-order valence-corrected chi connectivity index (χ0v) is 15.6. The lowest BCUT2D eigenvalue weighted by atomic mass is 10.0. The molecule has 0 fully saturated rings. The van der Waals surface area contributed by atoms with Crippen molar-refractivity contribution in [1.29, 1.82) is 0 Å². The van der Waals surface area contributed by atoms with Crippen molar-refractivity contribution in [3.05, 3.63) is 0 Å². The largest absolute Gasteiger partial charge is 0.463 e. The zero-order chi connectivity index (χ0) is 17.7. The zero-order valence-electron chi connectivity index (χ0n) is 15.6. The minimum atomic E-state index is -0.183. The van der Waals surface area contributed by atoms with Gasteiger partial charge in [-0.1, -0.05) is 83.5 Å². The van der Waals surface area contributed by atoms with Gasteiger partial charge in [0.1, 0.15) is 6.61 Å². The summed E-state index contributed by atoms with van der Waals surface area (Å²) in [6, 6.07) is 0. The van der Waals surface area contributed by atoms with E-state index in [1.54, 1.807) is 0 Å². The predicted octanol–water partition coefficient (Wildman–Crippen LogP) is 4.76. The first kappa shape index (κ1) is 23.4. The highest BCUT2D eigenvalue weighted by Crippen LogP contribution is 2.13. The Balaban J connectivity index is 3.04. The molecule has 0 saturated heterocycles. The van der Waals surface area contributed by atoms with Gasteiger partial charge in [-0.05, 0) is 12.8 Å². The van der Waals surface area contributed by atoms with Gasteiger partial charge >= 0.3 is 5.97 Å². The average molecular weight is 345 g/mol. The van der Waals surface area contributed by atoms with Crippen molar-refractivity contribution in [1.82, 2.24) is 0 Å². The molecule has 0 spiro atoms. The molecule has 0 aliphatic heterocycles. The van der Waals surface area contributed by atoms with Crippen LogP contribution in [0.2, 0.25) is 0 Å². The molecule has 0 aromatic heterocycles. The van der Waals surface area contributed by atoms with Gasteiger partial charge in [0.2, 0.25) is 0 Å². The van der Waals surface area contributed by atoms with Crippen LogP contribution < -0.4 is 0 Å². The topological polar surface area (TPSA) is 66.8 Å². The van der Waals surface area contributed by atoms with Crippen LogP contribution in [0.3, 0.4) is 0 Å². The molecule has 0 saturated carbocycles. The number of carbonyl (C=O) groups excluding carboxylic acids is 1. The van der Waals surface area contributed by atoms with Gasteiger partial charge in [-0.15, -0.1) is 0 Å². The molecule has 0 amide bonds. The van der Waals surface area contributed by atoms with E-state index < -0.39 is 0 Å². The average Bonchev–Trinajstić information content (AvgIpc) is 2.59. The third-order valence-corrected chi connectivity index (χ3v) is 4.39. The van der Waals surface area contributed by atoms with E-state index in [4.69, 9.17) is 14.9 Å². The molecule has 4 nitrogen and oxygen atoms in total. The number of aliphatic hydroxyl groups excluding tert-OH is 2. The first-order chi connectivity index (χ1) is 11.8. The highest BCUT2D eigenvalue weighted by atomic mass is 16.5. The lowest BCUT2D eigenvalue weighted by molar-refractivity contribution is -0.144. The van der Waals surface area contributed by atoms with Crippen molar-refractivity contribution in [3.8, 4) is 0 Å². The summed E-state index contributed by atoms with van der Waals surface area (Å²) in [6.07, 6.45) is 19.2. The fraction of sp³-hybridized carbons (Fsp3) is 0.950. The Morgan fingerprint density at radius 2 is 0.917 bits per heavy atom. The summed E-state index contributed by atoms with van der Waals surface area (Å²) < 4.78 is 4.82. The third kappa shape index (κ3) is 19.4. The first-order valence-electron chi connectivity index (χ1n) is 10.2. The van der Waals surface area contributed by atoms with Crippen LogP contribution in [0.1, 0.15) is 103 Å². The second-order valence-electron chi connectivity index (χ2n) is 6.72. The Bertz CT molecular complexity index is 256. The maximum absolute atomic E-state index is 11.2. The van der Waals surface area contributed by atoms with Gasteiger partial charge in [-0.2, -0.15) is 0 Å². The van der Waals surface area contributed by atoms with Crippen LogP contribution in [0.4, 0.5) is 0 Å². The van der Waals surface area contributed by atoms with Crippen molar-refractivity contribution >= 4 is 5.97 Å². The van der Waals surface area contributed by atoms with Crippen molar-refractivity contribution in [2.24, 2.45) is 0 Å². The number of ether oxygens (including phenoxy) is 1. The number of esters is 1. The van der Waals surface area contributed by atoms with Crippen molar-refractivity contribution < 1.29 is 19.7 Å². The number of aliphatic hydroxyl groups is 2. The predicted molar refractivity (Wildman–Crippen MR) is 99.0 cm³/mol. The molecule has 0 aromatic rings. The number of hydrogen-bond acceptors (Lipinski definition) is 4. The number of rotatable bonds is 19. The van der Waals surface area contributed by atoms with E-state index in [1.165, 1.54) is 77.0 Å². The van der Waals surface area contributed by atoms with Gasteiger partial charge in [0, 0.05) is 13.0 Å². The van der Waals surface area contributed by atoms with Crippen molar-refractivity contribution in [3.63, 3.8) is 0 Å². The smallest absolute Gasteiger partial charge is 0.305 e. The Labute approximate surface area is 149 Å². The summed E-state index contributed by atoms with van der Waals surface area (Å²) in [5.74, 6) is -0.183. The van der Waals surface area contributed by atoms with E-state index >= 15 is 0 Å². The normalized spacial score (nSPS) is 10.9. The minimum absolute atomic E-state index is 0.0869. The first-order valence-corrected chi connectivity index (χ1v) is 10.2. The monoisotopic (exact) mass is 344 g/mol. The molecular formula is C20H40O4. The van der Waals surface area contributed by atoms with E-state index in [-0.39, 0.29) is 19.2 Å². The lowest BCUT2D eigenvalue weighted by Gasteiger charge is -2.04. The molecule has 0 aromatic carbocycles. The van der Waals surface area contributed by atoms with E-state index in [9.17, 15) is 4.79 Å². The molecule has 144 valence electrons. The standard InChI is InChI=1S/C20H40O4/c21-17-15-13-11-9-7-5-3-1-2-4-6-8-10-12-14-16-20(23)24-19-18-22/h21-22H,1-19H2. The molecule has 0 atom stereocenters. The Hall–Kier alpha value is -0.610. The minimum Gasteiger partial charge on any atom is -0.463 e. The Morgan fingerprint density at radius 1 is 0.542 bits per heavy atom. The summed E-state index contributed by atoms with van der Waals surface area (Å²) in [4.78, 5) is 11.2. The quantitative estimate of drug-likeness (QED) is 0.262. The molecule has 24 heavy (non-hydrogen) atoms.